The number of pyridine rings is 1. The highest BCUT2D eigenvalue weighted by Crippen LogP contribution is 2.17. The third kappa shape index (κ3) is 3.49. The number of amides is 1. The maximum absolute atomic E-state index is 11.8. The average molecular weight is 241 g/mol. The maximum atomic E-state index is 11.8. The van der Waals surface area contributed by atoms with E-state index >= 15 is 0 Å². The van der Waals surface area contributed by atoms with Gasteiger partial charge in [0.05, 0.1) is 11.4 Å². The number of hydrogen-bond donors (Lipinski definition) is 1. The molecular formula is C12H17ClN2O. The van der Waals surface area contributed by atoms with Gasteiger partial charge in [-0.2, -0.15) is 0 Å². The van der Waals surface area contributed by atoms with Gasteiger partial charge in [0.25, 0.3) is 0 Å². The zero-order valence-electron chi connectivity index (χ0n) is 9.88. The van der Waals surface area contributed by atoms with E-state index in [1.807, 2.05) is 13.8 Å². The first-order chi connectivity index (χ1) is 7.54. The van der Waals surface area contributed by atoms with Crippen molar-refractivity contribution in [2.24, 2.45) is 5.92 Å². The number of aryl methyl sites for hydroxylation is 1. The Labute approximate surface area is 101 Å². The first-order valence-electron chi connectivity index (χ1n) is 5.48. The molecule has 0 saturated heterocycles. The average Bonchev–Trinajstić information content (AvgIpc) is 2.22. The monoisotopic (exact) mass is 240 g/mol. The van der Waals surface area contributed by atoms with Gasteiger partial charge in [0, 0.05) is 5.92 Å². The Morgan fingerprint density at radius 1 is 1.56 bits per heavy atom. The van der Waals surface area contributed by atoms with Gasteiger partial charge in [-0.25, -0.2) is 4.98 Å². The second-order valence-corrected chi connectivity index (χ2v) is 4.33. The molecule has 1 N–H and O–H groups in total. The van der Waals surface area contributed by atoms with Crippen molar-refractivity contribution in [2.75, 3.05) is 5.32 Å². The molecule has 1 heterocycles. The van der Waals surface area contributed by atoms with Crippen LogP contribution in [0.5, 0.6) is 0 Å². The number of rotatable bonds is 4. The summed E-state index contributed by atoms with van der Waals surface area (Å²) in [6.07, 6.45) is 1.90. The predicted octanol–water partition coefficient (Wildman–Crippen LogP) is 3.42. The fraction of sp³-hybridized carbons (Fsp3) is 0.500. The van der Waals surface area contributed by atoms with Crippen LogP contribution in [-0.2, 0) is 4.79 Å². The van der Waals surface area contributed by atoms with E-state index in [0.29, 0.717) is 5.15 Å². The van der Waals surface area contributed by atoms with Gasteiger partial charge >= 0.3 is 0 Å². The lowest BCUT2D eigenvalue weighted by Crippen LogP contribution is -2.20. The van der Waals surface area contributed by atoms with Crippen molar-refractivity contribution in [3.63, 3.8) is 0 Å². The highest BCUT2D eigenvalue weighted by Gasteiger charge is 2.13. The maximum Gasteiger partial charge on any atom is 0.227 e. The molecule has 88 valence electrons. The molecule has 1 rings (SSSR count). The normalized spacial score (nSPS) is 12.2. The Morgan fingerprint density at radius 3 is 2.81 bits per heavy atom. The summed E-state index contributed by atoms with van der Waals surface area (Å²) in [6, 6.07) is 3.45. The van der Waals surface area contributed by atoms with Crippen LogP contribution in [0.3, 0.4) is 0 Å². The van der Waals surface area contributed by atoms with Crippen molar-refractivity contribution < 1.29 is 4.79 Å². The summed E-state index contributed by atoms with van der Waals surface area (Å²) in [6.45, 7) is 5.82. The molecule has 4 heteroatoms. The van der Waals surface area contributed by atoms with Crippen LogP contribution in [0.2, 0.25) is 5.15 Å². The summed E-state index contributed by atoms with van der Waals surface area (Å²) >= 11 is 5.74. The van der Waals surface area contributed by atoms with E-state index in [9.17, 15) is 4.79 Å². The number of carbonyl (C=O) groups excluding carboxylic acids is 1. The van der Waals surface area contributed by atoms with Crippen molar-refractivity contribution in [3.05, 3.63) is 23.0 Å². The second-order valence-electron chi connectivity index (χ2n) is 3.95. The molecule has 0 radical (unpaired) electrons. The first-order valence-corrected chi connectivity index (χ1v) is 5.86. The molecule has 0 spiro atoms. The molecule has 1 aromatic rings. The van der Waals surface area contributed by atoms with Crippen LogP contribution in [0, 0.1) is 12.8 Å². The van der Waals surface area contributed by atoms with Crippen molar-refractivity contribution in [3.8, 4) is 0 Å². The van der Waals surface area contributed by atoms with Gasteiger partial charge in [0.15, 0.2) is 0 Å². The van der Waals surface area contributed by atoms with Crippen molar-refractivity contribution in [2.45, 2.75) is 33.6 Å². The minimum atomic E-state index is 0.0279. The molecule has 0 bridgehead atoms. The van der Waals surface area contributed by atoms with Crippen LogP contribution in [0.4, 0.5) is 5.69 Å². The summed E-state index contributed by atoms with van der Waals surface area (Å²) in [5, 5.41) is 3.30. The molecule has 3 nitrogen and oxygen atoms in total. The minimum absolute atomic E-state index is 0.0279. The SMILES string of the molecule is CCCC(C)C(=O)Nc1ccc(Cl)nc1C. The first kappa shape index (κ1) is 13.0. The van der Waals surface area contributed by atoms with Crippen LogP contribution in [0.1, 0.15) is 32.4 Å². The number of anilines is 1. The summed E-state index contributed by atoms with van der Waals surface area (Å²) in [4.78, 5) is 15.9. The molecule has 0 aliphatic rings. The lowest BCUT2D eigenvalue weighted by Gasteiger charge is -2.12. The largest absolute Gasteiger partial charge is 0.324 e. The van der Waals surface area contributed by atoms with Gasteiger partial charge < -0.3 is 5.32 Å². The van der Waals surface area contributed by atoms with Gasteiger partial charge in [-0.3, -0.25) is 4.79 Å². The van der Waals surface area contributed by atoms with E-state index < -0.39 is 0 Å². The lowest BCUT2D eigenvalue weighted by molar-refractivity contribution is -0.119. The van der Waals surface area contributed by atoms with Crippen LogP contribution in [-0.4, -0.2) is 10.9 Å². The van der Waals surface area contributed by atoms with Crippen molar-refractivity contribution in [1.82, 2.24) is 4.98 Å². The quantitative estimate of drug-likeness (QED) is 0.820. The predicted molar refractivity (Wildman–Crippen MR) is 66.7 cm³/mol. The standard InChI is InChI=1S/C12H17ClN2O/c1-4-5-8(2)12(16)15-10-6-7-11(13)14-9(10)3/h6-8H,4-5H2,1-3H3,(H,15,16). The van der Waals surface area contributed by atoms with Gasteiger partial charge in [0.1, 0.15) is 5.15 Å². The van der Waals surface area contributed by atoms with Gasteiger partial charge in [-0.1, -0.05) is 31.9 Å². The molecule has 1 amide bonds. The number of halogens is 1. The molecule has 0 fully saturated rings. The smallest absolute Gasteiger partial charge is 0.227 e. The van der Waals surface area contributed by atoms with Gasteiger partial charge in [-0.15, -0.1) is 0 Å². The van der Waals surface area contributed by atoms with Crippen molar-refractivity contribution in [1.29, 1.82) is 0 Å². The van der Waals surface area contributed by atoms with E-state index in [1.165, 1.54) is 0 Å². The van der Waals surface area contributed by atoms with E-state index in [4.69, 9.17) is 11.6 Å². The zero-order chi connectivity index (χ0) is 12.1. The Balaban J connectivity index is 2.69. The van der Waals surface area contributed by atoms with Gasteiger partial charge in [-0.05, 0) is 25.5 Å². The highest BCUT2D eigenvalue weighted by atomic mass is 35.5. The van der Waals surface area contributed by atoms with Crippen LogP contribution in [0.25, 0.3) is 0 Å². The third-order valence-corrected chi connectivity index (χ3v) is 2.69. The summed E-state index contributed by atoms with van der Waals surface area (Å²) in [5.41, 5.74) is 1.47. The molecule has 0 saturated carbocycles. The Morgan fingerprint density at radius 2 is 2.25 bits per heavy atom. The van der Waals surface area contributed by atoms with Crippen LogP contribution < -0.4 is 5.32 Å². The summed E-state index contributed by atoms with van der Waals surface area (Å²) in [5.74, 6) is 0.0640. The molecule has 0 aliphatic carbocycles. The van der Waals surface area contributed by atoms with Gasteiger partial charge in [0.2, 0.25) is 5.91 Å². The van der Waals surface area contributed by atoms with Crippen LogP contribution in [0.15, 0.2) is 12.1 Å². The van der Waals surface area contributed by atoms with E-state index in [1.54, 1.807) is 12.1 Å². The van der Waals surface area contributed by atoms with Crippen LogP contribution >= 0.6 is 11.6 Å². The fourth-order valence-corrected chi connectivity index (χ4v) is 1.67. The number of aromatic nitrogens is 1. The molecule has 16 heavy (non-hydrogen) atoms. The number of nitrogens with zero attached hydrogens (tertiary/aromatic N) is 1. The Kier molecular flexibility index (Phi) is 4.74. The fourth-order valence-electron chi connectivity index (χ4n) is 1.48. The van der Waals surface area contributed by atoms with E-state index in [-0.39, 0.29) is 11.8 Å². The zero-order valence-corrected chi connectivity index (χ0v) is 10.6. The molecular weight excluding hydrogens is 224 g/mol. The minimum Gasteiger partial charge on any atom is -0.324 e. The molecule has 0 aliphatic heterocycles. The Hall–Kier alpha value is -1.09. The lowest BCUT2D eigenvalue weighted by atomic mass is 10.1. The number of nitrogens with one attached hydrogen (secondary N) is 1. The molecule has 1 aromatic heterocycles. The molecule has 1 unspecified atom stereocenters. The third-order valence-electron chi connectivity index (χ3n) is 2.48. The van der Waals surface area contributed by atoms with E-state index in [2.05, 4.69) is 17.2 Å². The van der Waals surface area contributed by atoms with Crippen molar-refractivity contribution >= 4 is 23.2 Å². The second kappa shape index (κ2) is 5.85. The molecule has 1 atom stereocenters. The topological polar surface area (TPSA) is 42.0 Å². The summed E-state index contributed by atoms with van der Waals surface area (Å²) in [7, 11) is 0. The number of carbonyl (C=O) groups is 1. The highest BCUT2D eigenvalue weighted by molar-refractivity contribution is 6.29. The summed E-state index contributed by atoms with van der Waals surface area (Å²) < 4.78 is 0. The van der Waals surface area contributed by atoms with E-state index in [0.717, 1.165) is 24.2 Å². The molecule has 0 aromatic carbocycles. The number of hydrogen-bond acceptors (Lipinski definition) is 2. The Bertz CT molecular complexity index is 379.